The third kappa shape index (κ3) is 4.70. The summed E-state index contributed by atoms with van der Waals surface area (Å²) in [6, 6.07) is 20.7. The van der Waals surface area contributed by atoms with Gasteiger partial charge in [0.2, 0.25) is 0 Å². The molecule has 0 aliphatic carbocycles. The number of fused-ring (bicyclic) bond motifs is 3. The van der Waals surface area contributed by atoms with Crippen LogP contribution in [-0.4, -0.2) is 28.3 Å². The van der Waals surface area contributed by atoms with Crippen molar-refractivity contribution in [2.45, 2.75) is 25.8 Å². The van der Waals surface area contributed by atoms with Gasteiger partial charge in [-0.25, -0.2) is 8.78 Å². The molecular formula is C27H25ClF2N2O. The van der Waals surface area contributed by atoms with Crippen molar-refractivity contribution in [1.29, 1.82) is 0 Å². The number of hydrogen-bond acceptors (Lipinski definition) is 2. The van der Waals surface area contributed by atoms with Gasteiger partial charge in [0.05, 0.1) is 5.52 Å². The van der Waals surface area contributed by atoms with E-state index in [0.29, 0.717) is 13.0 Å². The van der Waals surface area contributed by atoms with Crippen LogP contribution < -0.4 is 0 Å². The first-order valence-corrected chi connectivity index (χ1v) is 11.0. The zero-order valence-corrected chi connectivity index (χ0v) is 19.0. The number of aromatic nitrogens is 1. The standard InChI is InChI=1S/C27H24F2N2O.ClH/c28-20-8-11-22(12-9-20)31-25-13-10-21(29)17-23(25)24-18-30(16-14-26(24)31)15-4-7-27(32)19-5-2-1-3-6-19;/h1-3,5-6,8-13,17H,4,7,14-16,18H2;1H. The Bertz CT molecular complexity index is 1270. The SMILES string of the molecule is Cl.O=C(CCCN1CCc2c(c3cc(F)ccc3n2-c2ccc(F)cc2)C1)c1ccccc1. The van der Waals surface area contributed by atoms with Gasteiger partial charge in [0, 0.05) is 48.3 Å². The average molecular weight is 467 g/mol. The van der Waals surface area contributed by atoms with Gasteiger partial charge in [-0.05, 0) is 61.0 Å². The molecular weight excluding hydrogens is 442 g/mol. The molecule has 0 radical (unpaired) electrons. The van der Waals surface area contributed by atoms with E-state index >= 15 is 0 Å². The number of hydrogen-bond donors (Lipinski definition) is 0. The Labute approximate surface area is 198 Å². The van der Waals surface area contributed by atoms with Crippen molar-refractivity contribution in [2.24, 2.45) is 0 Å². The van der Waals surface area contributed by atoms with E-state index in [-0.39, 0.29) is 29.8 Å². The van der Waals surface area contributed by atoms with E-state index in [4.69, 9.17) is 0 Å². The van der Waals surface area contributed by atoms with Crippen LogP contribution in [0.1, 0.15) is 34.5 Å². The van der Waals surface area contributed by atoms with Crippen molar-refractivity contribution in [3.05, 3.63) is 101 Å². The zero-order chi connectivity index (χ0) is 22.1. The lowest BCUT2D eigenvalue weighted by Gasteiger charge is -2.28. The summed E-state index contributed by atoms with van der Waals surface area (Å²) in [6.45, 7) is 2.39. The quantitative estimate of drug-likeness (QED) is 0.309. The maximum atomic E-state index is 14.1. The van der Waals surface area contributed by atoms with Crippen molar-refractivity contribution in [1.82, 2.24) is 9.47 Å². The Balaban J connectivity index is 0.00000259. The first-order chi connectivity index (χ1) is 15.6. The third-order valence-corrected chi connectivity index (χ3v) is 6.25. The lowest BCUT2D eigenvalue weighted by molar-refractivity contribution is 0.0973. The van der Waals surface area contributed by atoms with Gasteiger partial charge >= 0.3 is 0 Å². The summed E-state index contributed by atoms with van der Waals surface area (Å²) < 4.78 is 29.7. The molecule has 0 atom stereocenters. The second-order valence-corrected chi connectivity index (χ2v) is 8.32. The number of carbonyl (C=O) groups excluding carboxylic acids is 1. The molecule has 0 saturated carbocycles. The summed E-state index contributed by atoms with van der Waals surface area (Å²) in [5.74, 6) is -0.373. The maximum Gasteiger partial charge on any atom is 0.162 e. The normalized spacial score (nSPS) is 13.5. The second-order valence-electron chi connectivity index (χ2n) is 8.32. The van der Waals surface area contributed by atoms with Crippen molar-refractivity contribution in [3.63, 3.8) is 0 Å². The first kappa shape index (κ1) is 23.1. The summed E-state index contributed by atoms with van der Waals surface area (Å²) in [5.41, 5.74) is 4.83. The number of halogens is 3. The van der Waals surface area contributed by atoms with Crippen LogP contribution in [0.2, 0.25) is 0 Å². The minimum absolute atomic E-state index is 0. The lowest BCUT2D eigenvalue weighted by atomic mass is 10.0. The fourth-order valence-electron chi connectivity index (χ4n) is 4.69. The summed E-state index contributed by atoms with van der Waals surface area (Å²) >= 11 is 0. The minimum atomic E-state index is -0.277. The van der Waals surface area contributed by atoms with Gasteiger partial charge in [-0.15, -0.1) is 12.4 Å². The van der Waals surface area contributed by atoms with Crippen LogP contribution >= 0.6 is 12.4 Å². The van der Waals surface area contributed by atoms with E-state index < -0.39 is 0 Å². The molecule has 1 aliphatic heterocycles. The molecule has 0 N–H and O–H groups in total. The van der Waals surface area contributed by atoms with Gasteiger partial charge < -0.3 is 4.57 Å². The first-order valence-electron chi connectivity index (χ1n) is 11.0. The third-order valence-electron chi connectivity index (χ3n) is 6.25. The van der Waals surface area contributed by atoms with Gasteiger partial charge in [0.15, 0.2) is 5.78 Å². The number of nitrogens with zero attached hydrogens (tertiary/aromatic N) is 2. The van der Waals surface area contributed by atoms with Crippen LogP contribution in [0.4, 0.5) is 8.78 Å². The van der Waals surface area contributed by atoms with Crippen LogP contribution in [0.5, 0.6) is 0 Å². The number of ketones is 1. The fraction of sp³-hybridized carbons (Fsp3) is 0.222. The van der Waals surface area contributed by atoms with Crippen LogP contribution in [0.15, 0.2) is 72.8 Å². The highest BCUT2D eigenvalue weighted by Crippen LogP contribution is 2.34. The molecule has 5 rings (SSSR count). The number of benzene rings is 3. The highest BCUT2D eigenvalue weighted by molar-refractivity contribution is 5.96. The molecule has 6 heteroatoms. The van der Waals surface area contributed by atoms with Crippen molar-refractivity contribution < 1.29 is 13.6 Å². The molecule has 0 bridgehead atoms. The molecule has 0 spiro atoms. The molecule has 0 saturated heterocycles. The maximum absolute atomic E-state index is 14.1. The summed E-state index contributed by atoms with van der Waals surface area (Å²) in [6.07, 6.45) is 2.11. The van der Waals surface area contributed by atoms with E-state index in [1.807, 2.05) is 30.3 Å². The molecule has 170 valence electrons. The van der Waals surface area contributed by atoms with E-state index in [0.717, 1.165) is 59.3 Å². The predicted molar refractivity (Wildman–Crippen MR) is 129 cm³/mol. The number of Topliss-reactive ketones (excluding diaryl/α,β-unsaturated/α-hetero) is 1. The topological polar surface area (TPSA) is 25.2 Å². The molecule has 1 aliphatic rings. The van der Waals surface area contributed by atoms with Crippen molar-refractivity contribution in [2.75, 3.05) is 13.1 Å². The van der Waals surface area contributed by atoms with Gasteiger partial charge in [-0.1, -0.05) is 30.3 Å². The molecule has 4 aromatic rings. The largest absolute Gasteiger partial charge is 0.313 e. The summed E-state index contributed by atoms with van der Waals surface area (Å²) in [5, 5.41) is 0.898. The Morgan fingerprint density at radius 3 is 2.39 bits per heavy atom. The van der Waals surface area contributed by atoms with E-state index in [9.17, 15) is 13.6 Å². The molecule has 0 unspecified atom stereocenters. The Morgan fingerprint density at radius 1 is 0.909 bits per heavy atom. The molecule has 3 nitrogen and oxygen atoms in total. The molecule has 0 amide bonds. The van der Waals surface area contributed by atoms with E-state index in [1.165, 1.54) is 18.2 Å². The minimum Gasteiger partial charge on any atom is -0.313 e. The van der Waals surface area contributed by atoms with Gasteiger partial charge in [0.1, 0.15) is 11.6 Å². The predicted octanol–water partition coefficient (Wildman–Crippen LogP) is 6.35. The molecule has 1 aromatic heterocycles. The Hall–Kier alpha value is -3.02. The summed E-state index contributed by atoms with van der Waals surface area (Å²) in [4.78, 5) is 14.7. The average Bonchev–Trinajstić information content (AvgIpc) is 3.13. The molecule has 3 aromatic carbocycles. The van der Waals surface area contributed by atoms with Crippen LogP contribution in [0.3, 0.4) is 0 Å². The number of rotatable bonds is 6. The van der Waals surface area contributed by atoms with Gasteiger partial charge in [-0.3, -0.25) is 9.69 Å². The van der Waals surface area contributed by atoms with E-state index in [2.05, 4.69) is 9.47 Å². The summed E-state index contributed by atoms with van der Waals surface area (Å²) in [7, 11) is 0. The number of carbonyl (C=O) groups is 1. The molecule has 2 heterocycles. The fourth-order valence-corrected chi connectivity index (χ4v) is 4.69. The monoisotopic (exact) mass is 466 g/mol. The zero-order valence-electron chi connectivity index (χ0n) is 18.1. The van der Waals surface area contributed by atoms with Crippen LogP contribution in [0, 0.1) is 11.6 Å². The lowest BCUT2D eigenvalue weighted by Crippen LogP contribution is -2.32. The van der Waals surface area contributed by atoms with E-state index in [1.54, 1.807) is 24.3 Å². The Morgan fingerprint density at radius 2 is 1.64 bits per heavy atom. The van der Waals surface area contributed by atoms with Crippen molar-refractivity contribution >= 4 is 29.1 Å². The van der Waals surface area contributed by atoms with Gasteiger partial charge in [0.25, 0.3) is 0 Å². The van der Waals surface area contributed by atoms with Crippen LogP contribution in [-0.2, 0) is 13.0 Å². The second kappa shape index (κ2) is 9.86. The molecule has 0 fully saturated rings. The highest BCUT2D eigenvalue weighted by atomic mass is 35.5. The van der Waals surface area contributed by atoms with Gasteiger partial charge in [-0.2, -0.15) is 0 Å². The van der Waals surface area contributed by atoms with Crippen molar-refractivity contribution in [3.8, 4) is 5.69 Å². The Kier molecular flexibility index (Phi) is 6.91. The van der Waals surface area contributed by atoms with Crippen LogP contribution in [0.25, 0.3) is 16.6 Å². The smallest absolute Gasteiger partial charge is 0.162 e. The molecule has 33 heavy (non-hydrogen) atoms. The highest BCUT2D eigenvalue weighted by Gasteiger charge is 2.25.